The highest BCUT2D eigenvalue weighted by atomic mass is 79.9. The van der Waals surface area contributed by atoms with Crippen molar-refractivity contribution in [3.63, 3.8) is 0 Å². The van der Waals surface area contributed by atoms with Gasteiger partial charge in [0.05, 0.1) is 4.92 Å². The summed E-state index contributed by atoms with van der Waals surface area (Å²) in [6, 6.07) is 12.8. The SMILES string of the molecule is O=[N+]([O-])C1=Cc2cc(Br)ccc2OC1c1ccc(Br)cc1. The molecule has 0 saturated carbocycles. The molecule has 0 saturated heterocycles. The van der Waals surface area contributed by atoms with Crippen LogP contribution in [0.2, 0.25) is 0 Å². The van der Waals surface area contributed by atoms with Crippen LogP contribution in [0.5, 0.6) is 5.75 Å². The Hall–Kier alpha value is -1.66. The van der Waals surface area contributed by atoms with Gasteiger partial charge in [0.1, 0.15) is 5.75 Å². The molecular formula is C15H9Br2NO3. The van der Waals surface area contributed by atoms with E-state index in [-0.39, 0.29) is 5.70 Å². The van der Waals surface area contributed by atoms with E-state index in [1.54, 1.807) is 18.2 Å². The number of halogens is 2. The molecule has 21 heavy (non-hydrogen) atoms. The van der Waals surface area contributed by atoms with Crippen molar-refractivity contribution in [2.75, 3.05) is 0 Å². The van der Waals surface area contributed by atoms with Crippen LogP contribution < -0.4 is 4.74 Å². The fraction of sp³-hybridized carbons (Fsp3) is 0.0667. The zero-order valence-corrected chi connectivity index (χ0v) is 13.8. The topological polar surface area (TPSA) is 52.4 Å². The van der Waals surface area contributed by atoms with Gasteiger partial charge in [-0.2, -0.15) is 0 Å². The van der Waals surface area contributed by atoms with E-state index in [0.29, 0.717) is 11.3 Å². The average Bonchev–Trinajstić information content (AvgIpc) is 2.46. The van der Waals surface area contributed by atoms with E-state index in [1.807, 2.05) is 30.3 Å². The molecule has 0 bridgehead atoms. The summed E-state index contributed by atoms with van der Waals surface area (Å²) in [4.78, 5) is 10.9. The Morgan fingerprint density at radius 3 is 2.38 bits per heavy atom. The second-order valence-electron chi connectivity index (χ2n) is 4.56. The Balaban J connectivity index is 2.08. The van der Waals surface area contributed by atoms with Crippen LogP contribution in [0.1, 0.15) is 17.2 Å². The van der Waals surface area contributed by atoms with Gasteiger partial charge in [0, 0.05) is 26.1 Å². The maximum Gasteiger partial charge on any atom is 0.291 e. The molecular weight excluding hydrogens is 402 g/mol. The summed E-state index contributed by atoms with van der Waals surface area (Å²) < 4.78 is 7.61. The van der Waals surface area contributed by atoms with Crippen molar-refractivity contribution in [1.82, 2.24) is 0 Å². The second kappa shape index (κ2) is 5.61. The lowest BCUT2D eigenvalue weighted by Gasteiger charge is -2.22. The molecule has 1 unspecified atom stereocenters. The lowest BCUT2D eigenvalue weighted by Crippen LogP contribution is -2.19. The van der Waals surface area contributed by atoms with Crippen molar-refractivity contribution in [3.8, 4) is 5.75 Å². The minimum Gasteiger partial charge on any atom is -0.474 e. The molecule has 0 radical (unpaired) electrons. The van der Waals surface area contributed by atoms with E-state index in [9.17, 15) is 10.1 Å². The number of nitro groups is 1. The summed E-state index contributed by atoms with van der Waals surface area (Å²) in [5.41, 5.74) is 1.47. The molecule has 2 aromatic carbocycles. The summed E-state index contributed by atoms with van der Waals surface area (Å²) in [7, 11) is 0. The number of hydrogen-bond acceptors (Lipinski definition) is 3. The van der Waals surface area contributed by atoms with E-state index in [2.05, 4.69) is 31.9 Å². The smallest absolute Gasteiger partial charge is 0.291 e. The van der Waals surface area contributed by atoms with Crippen molar-refractivity contribution in [1.29, 1.82) is 0 Å². The molecule has 1 aliphatic rings. The van der Waals surface area contributed by atoms with Crippen molar-refractivity contribution in [2.24, 2.45) is 0 Å². The van der Waals surface area contributed by atoms with E-state index in [4.69, 9.17) is 4.74 Å². The third-order valence-electron chi connectivity index (χ3n) is 3.17. The molecule has 1 aliphatic heterocycles. The largest absolute Gasteiger partial charge is 0.474 e. The van der Waals surface area contributed by atoms with Crippen LogP contribution in [0.4, 0.5) is 0 Å². The standard InChI is InChI=1S/C15H9Br2NO3/c16-11-3-1-9(2-4-11)15-13(18(19)20)8-10-7-12(17)5-6-14(10)21-15/h1-8,15H. The van der Waals surface area contributed by atoms with Crippen LogP contribution in [0.3, 0.4) is 0 Å². The highest BCUT2D eigenvalue weighted by Gasteiger charge is 2.33. The third-order valence-corrected chi connectivity index (χ3v) is 4.19. The average molecular weight is 411 g/mol. The maximum atomic E-state index is 11.3. The number of benzene rings is 2. The van der Waals surface area contributed by atoms with E-state index in [1.165, 1.54) is 0 Å². The lowest BCUT2D eigenvalue weighted by molar-refractivity contribution is -0.434. The highest BCUT2D eigenvalue weighted by Crippen LogP contribution is 2.38. The molecule has 0 fully saturated rings. The predicted molar refractivity (Wildman–Crippen MR) is 86.6 cm³/mol. The van der Waals surface area contributed by atoms with Gasteiger partial charge in [0.15, 0.2) is 0 Å². The number of nitrogens with zero attached hydrogens (tertiary/aromatic N) is 1. The zero-order chi connectivity index (χ0) is 15.0. The first-order valence-electron chi connectivity index (χ1n) is 6.12. The van der Waals surface area contributed by atoms with Gasteiger partial charge in [0.2, 0.25) is 6.10 Å². The summed E-state index contributed by atoms with van der Waals surface area (Å²) in [6.07, 6.45) is 0.859. The van der Waals surface area contributed by atoms with Gasteiger partial charge >= 0.3 is 0 Å². The minimum absolute atomic E-state index is 0.0305. The van der Waals surface area contributed by atoms with Gasteiger partial charge in [-0.1, -0.05) is 44.0 Å². The molecule has 2 aromatic rings. The molecule has 1 atom stereocenters. The van der Waals surface area contributed by atoms with Crippen LogP contribution in [-0.4, -0.2) is 4.92 Å². The lowest BCUT2D eigenvalue weighted by atomic mass is 10.0. The molecule has 3 rings (SSSR count). The Kier molecular flexibility index (Phi) is 3.82. The molecule has 0 aliphatic carbocycles. The van der Waals surface area contributed by atoms with Gasteiger partial charge in [-0.05, 0) is 30.3 Å². The van der Waals surface area contributed by atoms with Crippen LogP contribution in [0.25, 0.3) is 6.08 Å². The van der Waals surface area contributed by atoms with E-state index in [0.717, 1.165) is 14.5 Å². The molecule has 1 heterocycles. The number of hydrogen-bond donors (Lipinski definition) is 0. The Bertz CT molecular complexity index is 741. The maximum absolute atomic E-state index is 11.3. The first-order valence-corrected chi connectivity index (χ1v) is 7.71. The van der Waals surface area contributed by atoms with Gasteiger partial charge < -0.3 is 4.74 Å². The zero-order valence-electron chi connectivity index (χ0n) is 10.6. The molecule has 0 aromatic heterocycles. The molecule has 0 spiro atoms. The molecule has 4 nitrogen and oxygen atoms in total. The number of rotatable bonds is 2. The van der Waals surface area contributed by atoms with Crippen LogP contribution in [0, 0.1) is 10.1 Å². The van der Waals surface area contributed by atoms with Gasteiger partial charge in [-0.3, -0.25) is 10.1 Å². The summed E-state index contributed by atoms with van der Waals surface area (Å²) in [5, 5.41) is 11.3. The van der Waals surface area contributed by atoms with E-state index < -0.39 is 11.0 Å². The van der Waals surface area contributed by atoms with Crippen LogP contribution in [0.15, 0.2) is 57.1 Å². The van der Waals surface area contributed by atoms with Crippen LogP contribution in [-0.2, 0) is 0 Å². The molecule has 106 valence electrons. The molecule has 0 amide bonds. The van der Waals surface area contributed by atoms with Gasteiger partial charge in [-0.15, -0.1) is 0 Å². The third kappa shape index (κ3) is 2.87. The summed E-state index contributed by atoms with van der Waals surface area (Å²) in [5.74, 6) is 0.636. The monoisotopic (exact) mass is 409 g/mol. The van der Waals surface area contributed by atoms with Crippen LogP contribution >= 0.6 is 31.9 Å². The minimum atomic E-state index is -0.707. The Morgan fingerprint density at radius 1 is 1.05 bits per heavy atom. The number of fused-ring (bicyclic) bond motifs is 1. The van der Waals surface area contributed by atoms with Gasteiger partial charge in [0.25, 0.3) is 5.70 Å². The summed E-state index contributed by atoms with van der Waals surface area (Å²) >= 11 is 6.71. The predicted octanol–water partition coefficient (Wildman–Crippen LogP) is 4.96. The highest BCUT2D eigenvalue weighted by molar-refractivity contribution is 9.10. The molecule has 6 heteroatoms. The Labute approximate surface area is 137 Å². The first kappa shape index (κ1) is 14.3. The Morgan fingerprint density at radius 2 is 1.71 bits per heavy atom. The van der Waals surface area contributed by atoms with Crippen molar-refractivity contribution in [2.45, 2.75) is 6.10 Å². The fourth-order valence-corrected chi connectivity index (χ4v) is 2.83. The normalized spacial score (nSPS) is 16.7. The fourth-order valence-electron chi connectivity index (χ4n) is 2.19. The number of ether oxygens (including phenoxy) is 1. The van der Waals surface area contributed by atoms with E-state index >= 15 is 0 Å². The quantitative estimate of drug-likeness (QED) is 0.519. The van der Waals surface area contributed by atoms with Gasteiger partial charge in [-0.25, -0.2) is 0 Å². The van der Waals surface area contributed by atoms with Crippen molar-refractivity contribution < 1.29 is 9.66 Å². The summed E-state index contributed by atoms with van der Waals surface area (Å²) in [6.45, 7) is 0. The van der Waals surface area contributed by atoms with Crippen molar-refractivity contribution >= 4 is 37.9 Å². The molecule has 0 N–H and O–H groups in total. The van der Waals surface area contributed by atoms with Crippen molar-refractivity contribution in [3.05, 3.63) is 78.3 Å². The second-order valence-corrected chi connectivity index (χ2v) is 6.39. The first-order chi connectivity index (χ1) is 10.0.